The Morgan fingerprint density at radius 3 is 2.55 bits per heavy atom. The van der Waals surface area contributed by atoms with Crippen LogP contribution in [0.5, 0.6) is 5.75 Å². The minimum atomic E-state index is -1.07. The molecule has 1 aromatic carbocycles. The van der Waals surface area contributed by atoms with Gasteiger partial charge in [-0.2, -0.15) is 0 Å². The van der Waals surface area contributed by atoms with Crippen molar-refractivity contribution in [3.8, 4) is 5.75 Å². The lowest BCUT2D eigenvalue weighted by Gasteiger charge is -2.15. The Bertz CT molecular complexity index is 1080. The SMILES string of the molecule is CNc1cccc(CCOc2ccc(C[C@H](NC(=O)c3csc(C(C)C)c3)C(=O)O)cc2)n1. The zero-order valence-electron chi connectivity index (χ0n) is 19.0. The van der Waals surface area contributed by atoms with Gasteiger partial charge in [-0.25, -0.2) is 9.78 Å². The van der Waals surface area contributed by atoms with Crippen LogP contribution in [0.15, 0.2) is 53.9 Å². The molecule has 0 aliphatic heterocycles. The highest BCUT2D eigenvalue weighted by Gasteiger charge is 2.22. The smallest absolute Gasteiger partial charge is 0.326 e. The maximum Gasteiger partial charge on any atom is 0.326 e. The largest absolute Gasteiger partial charge is 0.493 e. The number of nitrogens with zero attached hydrogens (tertiary/aromatic N) is 1. The molecule has 8 heteroatoms. The van der Waals surface area contributed by atoms with Crippen molar-refractivity contribution in [3.63, 3.8) is 0 Å². The van der Waals surface area contributed by atoms with E-state index in [2.05, 4.69) is 29.5 Å². The fourth-order valence-corrected chi connectivity index (χ4v) is 4.11. The molecular weight excluding hydrogens is 438 g/mol. The number of hydrogen-bond donors (Lipinski definition) is 3. The van der Waals surface area contributed by atoms with Gasteiger partial charge in [-0.05, 0) is 41.8 Å². The third-order valence-electron chi connectivity index (χ3n) is 5.11. The molecule has 1 amide bonds. The van der Waals surface area contributed by atoms with Crippen LogP contribution in [0.4, 0.5) is 5.82 Å². The van der Waals surface area contributed by atoms with Crippen LogP contribution in [-0.4, -0.2) is 41.7 Å². The standard InChI is InChI=1S/C25H29N3O4S/c1-16(2)22-14-18(15-33-22)24(29)28-21(25(30)31)13-17-7-9-20(10-8-17)32-12-11-19-5-4-6-23(26-3)27-19/h4-10,14-16,21H,11-13H2,1-3H3,(H,26,27)(H,28,29)(H,30,31)/t21-/m0/s1. The number of hydrogen-bond acceptors (Lipinski definition) is 6. The van der Waals surface area contributed by atoms with E-state index in [1.54, 1.807) is 17.5 Å². The number of thiophene rings is 1. The Hall–Kier alpha value is -3.39. The van der Waals surface area contributed by atoms with Crippen molar-refractivity contribution in [2.24, 2.45) is 0 Å². The molecule has 0 aliphatic rings. The summed E-state index contributed by atoms with van der Waals surface area (Å²) in [4.78, 5) is 29.8. The van der Waals surface area contributed by atoms with Gasteiger partial charge in [0.05, 0.1) is 12.2 Å². The fraction of sp³-hybridized carbons (Fsp3) is 0.320. The van der Waals surface area contributed by atoms with Gasteiger partial charge in [0.25, 0.3) is 5.91 Å². The van der Waals surface area contributed by atoms with Gasteiger partial charge in [0.2, 0.25) is 0 Å². The number of pyridine rings is 1. The minimum Gasteiger partial charge on any atom is -0.493 e. The number of nitrogens with one attached hydrogen (secondary N) is 2. The predicted octanol–water partition coefficient (Wildman–Crippen LogP) is 4.36. The number of amides is 1. The summed E-state index contributed by atoms with van der Waals surface area (Å²) in [6.45, 7) is 4.59. The van der Waals surface area contributed by atoms with Crippen molar-refractivity contribution in [1.29, 1.82) is 0 Å². The lowest BCUT2D eigenvalue weighted by Crippen LogP contribution is -2.42. The van der Waals surface area contributed by atoms with Gasteiger partial charge in [0.1, 0.15) is 17.6 Å². The second-order valence-corrected chi connectivity index (χ2v) is 8.91. The number of aliphatic carboxylic acids is 1. The molecule has 3 rings (SSSR count). The summed E-state index contributed by atoms with van der Waals surface area (Å²) in [5.74, 6) is 0.387. The van der Waals surface area contributed by atoms with Crippen molar-refractivity contribution in [3.05, 3.63) is 75.6 Å². The van der Waals surface area contributed by atoms with Gasteiger partial charge in [-0.15, -0.1) is 11.3 Å². The van der Waals surface area contributed by atoms with E-state index in [4.69, 9.17) is 4.74 Å². The van der Waals surface area contributed by atoms with Crippen LogP contribution in [0, 0.1) is 0 Å². The van der Waals surface area contributed by atoms with Crippen molar-refractivity contribution in [1.82, 2.24) is 10.3 Å². The number of carboxylic acid groups (broad SMARTS) is 1. The van der Waals surface area contributed by atoms with E-state index >= 15 is 0 Å². The van der Waals surface area contributed by atoms with E-state index in [9.17, 15) is 14.7 Å². The molecule has 0 unspecified atom stereocenters. The number of carboxylic acids is 1. The van der Waals surface area contributed by atoms with Gasteiger partial charge >= 0.3 is 5.97 Å². The summed E-state index contributed by atoms with van der Waals surface area (Å²) >= 11 is 1.50. The van der Waals surface area contributed by atoms with E-state index in [1.165, 1.54) is 11.3 Å². The summed E-state index contributed by atoms with van der Waals surface area (Å²) in [6, 6.07) is 13.9. The average Bonchev–Trinajstić information content (AvgIpc) is 3.31. The summed E-state index contributed by atoms with van der Waals surface area (Å²) in [6.07, 6.45) is 0.856. The molecule has 2 aromatic heterocycles. The van der Waals surface area contributed by atoms with Crippen molar-refractivity contribution in [2.75, 3.05) is 19.0 Å². The van der Waals surface area contributed by atoms with Crippen LogP contribution in [0.1, 0.15) is 46.3 Å². The van der Waals surface area contributed by atoms with Gasteiger partial charge in [-0.1, -0.05) is 32.0 Å². The monoisotopic (exact) mass is 467 g/mol. The number of anilines is 1. The molecule has 1 atom stereocenters. The molecule has 0 fully saturated rings. The Morgan fingerprint density at radius 1 is 1.15 bits per heavy atom. The second-order valence-electron chi connectivity index (χ2n) is 7.97. The van der Waals surface area contributed by atoms with Crippen molar-refractivity contribution < 1.29 is 19.4 Å². The molecule has 174 valence electrons. The first-order chi connectivity index (χ1) is 15.9. The highest BCUT2D eigenvalue weighted by atomic mass is 32.1. The van der Waals surface area contributed by atoms with E-state index in [1.807, 2.05) is 43.4 Å². The summed E-state index contributed by atoms with van der Waals surface area (Å²) in [5, 5.41) is 17.0. The van der Waals surface area contributed by atoms with Gasteiger partial charge in [0.15, 0.2) is 0 Å². The normalized spacial score (nSPS) is 11.8. The number of carbonyl (C=O) groups excluding carboxylic acids is 1. The molecule has 0 aliphatic carbocycles. The molecule has 2 heterocycles. The van der Waals surface area contributed by atoms with Gasteiger partial charge < -0.3 is 20.5 Å². The minimum absolute atomic E-state index is 0.184. The number of aromatic nitrogens is 1. The summed E-state index contributed by atoms with van der Waals surface area (Å²) < 4.78 is 5.79. The molecule has 33 heavy (non-hydrogen) atoms. The van der Waals surface area contributed by atoms with E-state index in [-0.39, 0.29) is 12.3 Å². The lowest BCUT2D eigenvalue weighted by atomic mass is 10.1. The Kier molecular flexibility index (Phi) is 8.43. The van der Waals surface area contributed by atoms with Crippen LogP contribution in [0.2, 0.25) is 0 Å². The lowest BCUT2D eigenvalue weighted by molar-refractivity contribution is -0.139. The van der Waals surface area contributed by atoms with Crippen LogP contribution < -0.4 is 15.4 Å². The maximum atomic E-state index is 12.5. The Morgan fingerprint density at radius 2 is 1.91 bits per heavy atom. The molecule has 0 radical (unpaired) electrons. The molecular formula is C25H29N3O4S. The molecule has 0 bridgehead atoms. The Balaban J connectivity index is 1.53. The number of carbonyl (C=O) groups is 2. The van der Waals surface area contributed by atoms with Gasteiger partial charge in [-0.3, -0.25) is 4.79 Å². The third kappa shape index (κ3) is 7.05. The number of ether oxygens (including phenoxy) is 1. The van der Waals surface area contributed by atoms with Crippen LogP contribution in [0.25, 0.3) is 0 Å². The van der Waals surface area contributed by atoms with Crippen LogP contribution in [0.3, 0.4) is 0 Å². The second kappa shape index (κ2) is 11.5. The quantitative estimate of drug-likeness (QED) is 0.388. The third-order valence-corrected chi connectivity index (χ3v) is 6.34. The van der Waals surface area contributed by atoms with Crippen LogP contribution in [-0.2, 0) is 17.6 Å². The zero-order valence-corrected chi connectivity index (χ0v) is 19.8. The van der Waals surface area contributed by atoms with E-state index < -0.39 is 12.0 Å². The summed E-state index contributed by atoms with van der Waals surface area (Å²) in [7, 11) is 1.83. The molecule has 0 saturated carbocycles. The first kappa shape index (κ1) is 24.3. The molecule has 3 N–H and O–H groups in total. The average molecular weight is 468 g/mol. The first-order valence-corrected chi connectivity index (χ1v) is 11.7. The molecule has 3 aromatic rings. The molecule has 0 spiro atoms. The molecule has 0 saturated heterocycles. The van der Waals surface area contributed by atoms with E-state index in [0.717, 1.165) is 22.0 Å². The fourth-order valence-electron chi connectivity index (χ4n) is 3.21. The number of rotatable bonds is 11. The highest BCUT2D eigenvalue weighted by molar-refractivity contribution is 7.10. The predicted molar refractivity (Wildman–Crippen MR) is 130 cm³/mol. The molecule has 7 nitrogen and oxygen atoms in total. The van der Waals surface area contributed by atoms with E-state index in [0.29, 0.717) is 30.3 Å². The van der Waals surface area contributed by atoms with Gasteiger partial charge in [0, 0.05) is 35.8 Å². The Labute approximate surface area is 197 Å². The maximum absolute atomic E-state index is 12.5. The first-order valence-electron chi connectivity index (χ1n) is 10.8. The van der Waals surface area contributed by atoms with Crippen molar-refractivity contribution >= 4 is 29.0 Å². The highest BCUT2D eigenvalue weighted by Crippen LogP contribution is 2.23. The topological polar surface area (TPSA) is 101 Å². The van der Waals surface area contributed by atoms with Crippen LogP contribution >= 0.6 is 11.3 Å². The number of benzene rings is 1. The zero-order chi connectivity index (χ0) is 23.8. The summed E-state index contributed by atoms with van der Waals surface area (Å²) in [5.41, 5.74) is 2.23. The van der Waals surface area contributed by atoms with Crippen molar-refractivity contribution in [2.45, 2.75) is 38.6 Å².